The van der Waals surface area contributed by atoms with E-state index in [1.54, 1.807) is 19.4 Å². The van der Waals surface area contributed by atoms with Gasteiger partial charge in [-0.05, 0) is 25.1 Å². The molecule has 4 nitrogen and oxygen atoms in total. The van der Waals surface area contributed by atoms with Crippen molar-refractivity contribution >= 4 is 5.69 Å². The predicted molar refractivity (Wildman–Crippen MR) is 68.2 cm³/mol. The maximum atomic E-state index is 11.5. The summed E-state index contributed by atoms with van der Waals surface area (Å²) in [5, 5.41) is 0. The van der Waals surface area contributed by atoms with Gasteiger partial charge in [-0.1, -0.05) is 11.6 Å². The van der Waals surface area contributed by atoms with E-state index >= 15 is 0 Å². The van der Waals surface area contributed by atoms with Crippen molar-refractivity contribution in [2.24, 2.45) is 0 Å². The number of aryl methyl sites for hydroxylation is 1. The third-order valence-electron chi connectivity index (χ3n) is 2.64. The second-order valence-electron chi connectivity index (χ2n) is 3.84. The maximum Gasteiger partial charge on any atom is 0.271 e. The number of benzene rings is 1. The van der Waals surface area contributed by atoms with E-state index < -0.39 is 0 Å². The van der Waals surface area contributed by atoms with Gasteiger partial charge in [-0.3, -0.25) is 4.79 Å². The molecule has 0 amide bonds. The van der Waals surface area contributed by atoms with Crippen LogP contribution in [-0.2, 0) is 0 Å². The molecule has 2 rings (SSSR count). The van der Waals surface area contributed by atoms with Crippen molar-refractivity contribution in [3.8, 4) is 16.9 Å². The van der Waals surface area contributed by atoms with Gasteiger partial charge in [0.05, 0.1) is 7.11 Å². The number of pyridine rings is 1. The molecule has 4 heteroatoms. The Bertz CT molecular complexity index is 603. The van der Waals surface area contributed by atoms with Gasteiger partial charge in [0.15, 0.2) is 0 Å². The highest BCUT2D eigenvalue weighted by molar-refractivity contribution is 5.80. The molecule has 0 unspecified atom stereocenters. The first-order chi connectivity index (χ1) is 8.13. The van der Waals surface area contributed by atoms with Gasteiger partial charge >= 0.3 is 0 Å². The van der Waals surface area contributed by atoms with Gasteiger partial charge in [-0.25, -0.2) is 0 Å². The first kappa shape index (κ1) is 11.3. The zero-order valence-corrected chi connectivity index (χ0v) is 9.78. The Morgan fingerprint density at radius 3 is 2.71 bits per heavy atom. The number of anilines is 1. The fourth-order valence-corrected chi connectivity index (χ4v) is 1.76. The Morgan fingerprint density at radius 1 is 1.24 bits per heavy atom. The minimum absolute atomic E-state index is 0.205. The molecule has 17 heavy (non-hydrogen) atoms. The number of hydrogen-bond donors (Lipinski definition) is 2. The molecule has 3 N–H and O–H groups in total. The number of hydrogen-bond acceptors (Lipinski definition) is 3. The number of nitrogens with two attached hydrogens (primary N) is 1. The van der Waals surface area contributed by atoms with E-state index in [-0.39, 0.29) is 11.2 Å². The van der Waals surface area contributed by atoms with Crippen molar-refractivity contribution in [3.05, 3.63) is 46.4 Å². The van der Waals surface area contributed by atoms with Crippen LogP contribution >= 0.6 is 0 Å². The zero-order chi connectivity index (χ0) is 12.4. The van der Waals surface area contributed by atoms with E-state index in [0.717, 1.165) is 11.1 Å². The highest BCUT2D eigenvalue weighted by atomic mass is 16.5. The van der Waals surface area contributed by atoms with Crippen LogP contribution in [0, 0.1) is 6.92 Å². The maximum absolute atomic E-state index is 11.5. The van der Waals surface area contributed by atoms with E-state index in [1.165, 1.54) is 0 Å². The minimum Gasteiger partial charge on any atom is -0.496 e. The summed E-state index contributed by atoms with van der Waals surface area (Å²) >= 11 is 0. The number of H-pyrrole nitrogens is 1. The van der Waals surface area contributed by atoms with E-state index in [0.29, 0.717) is 11.3 Å². The van der Waals surface area contributed by atoms with Crippen molar-refractivity contribution in [3.63, 3.8) is 0 Å². The number of methoxy groups -OCH3 is 1. The largest absolute Gasteiger partial charge is 0.496 e. The third kappa shape index (κ3) is 2.01. The molecule has 0 saturated carbocycles. The lowest BCUT2D eigenvalue weighted by Gasteiger charge is -2.11. The molecule has 0 aliphatic rings. The fraction of sp³-hybridized carbons (Fsp3) is 0.154. The molecule has 1 aromatic heterocycles. The Hall–Kier alpha value is -2.23. The molecule has 1 aromatic carbocycles. The van der Waals surface area contributed by atoms with Crippen LogP contribution in [0.15, 0.2) is 35.3 Å². The van der Waals surface area contributed by atoms with Gasteiger partial charge in [-0.2, -0.15) is 0 Å². The summed E-state index contributed by atoms with van der Waals surface area (Å²) in [6.07, 6.45) is 1.58. The van der Waals surface area contributed by atoms with Gasteiger partial charge in [-0.15, -0.1) is 0 Å². The van der Waals surface area contributed by atoms with Gasteiger partial charge in [0.2, 0.25) is 0 Å². The number of nitrogen functional groups attached to an aromatic ring is 1. The number of aromatic amines is 1. The Kier molecular flexibility index (Phi) is 2.87. The van der Waals surface area contributed by atoms with Gasteiger partial charge < -0.3 is 15.5 Å². The lowest BCUT2D eigenvalue weighted by atomic mass is 10.0. The summed E-state index contributed by atoms with van der Waals surface area (Å²) in [4.78, 5) is 14.0. The highest BCUT2D eigenvalue weighted by Gasteiger charge is 2.10. The quantitative estimate of drug-likeness (QED) is 0.828. The van der Waals surface area contributed by atoms with Crippen LogP contribution in [0.3, 0.4) is 0 Å². The first-order valence-corrected chi connectivity index (χ1v) is 5.25. The molecular formula is C13H14N2O2. The van der Waals surface area contributed by atoms with Crippen LogP contribution < -0.4 is 16.0 Å². The van der Waals surface area contributed by atoms with Crippen LogP contribution in [0.2, 0.25) is 0 Å². The molecule has 0 atom stereocenters. The normalized spacial score (nSPS) is 10.2. The molecule has 0 spiro atoms. The summed E-state index contributed by atoms with van der Waals surface area (Å²) in [5.74, 6) is 0.702. The number of aromatic nitrogens is 1. The smallest absolute Gasteiger partial charge is 0.271 e. The van der Waals surface area contributed by atoms with Crippen LogP contribution in [0.5, 0.6) is 5.75 Å². The second kappa shape index (κ2) is 4.33. The topological polar surface area (TPSA) is 68.1 Å². The van der Waals surface area contributed by atoms with Crippen molar-refractivity contribution in [1.29, 1.82) is 0 Å². The summed E-state index contributed by atoms with van der Waals surface area (Å²) in [6.45, 7) is 1.98. The first-order valence-electron chi connectivity index (χ1n) is 5.25. The van der Waals surface area contributed by atoms with Crippen LogP contribution in [0.1, 0.15) is 5.56 Å². The molecule has 0 aliphatic heterocycles. The van der Waals surface area contributed by atoms with E-state index in [9.17, 15) is 4.79 Å². The monoisotopic (exact) mass is 230 g/mol. The van der Waals surface area contributed by atoms with Crippen molar-refractivity contribution in [2.75, 3.05) is 12.8 Å². The predicted octanol–water partition coefficient (Wildman–Crippen LogP) is 1.94. The van der Waals surface area contributed by atoms with E-state index in [2.05, 4.69) is 4.98 Å². The number of ether oxygens (including phenoxy) is 1. The number of nitrogens with one attached hydrogen (secondary N) is 1. The van der Waals surface area contributed by atoms with Crippen LogP contribution in [0.25, 0.3) is 11.1 Å². The van der Waals surface area contributed by atoms with E-state index in [4.69, 9.17) is 10.5 Å². The van der Waals surface area contributed by atoms with Gasteiger partial charge in [0, 0.05) is 17.3 Å². The minimum atomic E-state index is -0.286. The summed E-state index contributed by atoms with van der Waals surface area (Å²) in [5.41, 5.74) is 8.31. The van der Waals surface area contributed by atoms with Crippen molar-refractivity contribution < 1.29 is 4.74 Å². The van der Waals surface area contributed by atoms with Crippen molar-refractivity contribution in [2.45, 2.75) is 6.92 Å². The molecule has 0 bridgehead atoms. The molecule has 0 fully saturated rings. The lowest BCUT2D eigenvalue weighted by molar-refractivity contribution is 0.416. The standard InChI is InChI=1S/C13H14N2O2/c1-8-3-4-11(17-2)10(7-8)9-5-6-15-13(16)12(9)14/h3-7H,14H2,1-2H3,(H,15,16). The van der Waals surface area contributed by atoms with Gasteiger partial charge in [0.1, 0.15) is 11.4 Å². The van der Waals surface area contributed by atoms with Gasteiger partial charge in [0.25, 0.3) is 5.56 Å². The lowest BCUT2D eigenvalue weighted by Crippen LogP contribution is -2.12. The number of rotatable bonds is 2. The molecular weight excluding hydrogens is 216 g/mol. The summed E-state index contributed by atoms with van der Waals surface area (Å²) in [7, 11) is 1.59. The highest BCUT2D eigenvalue weighted by Crippen LogP contribution is 2.32. The Labute approximate surface area is 99.1 Å². The Balaban J connectivity index is 2.71. The second-order valence-corrected chi connectivity index (χ2v) is 3.84. The molecule has 0 saturated heterocycles. The van der Waals surface area contributed by atoms with E-state index in [1.807, 2.05) is 25.1 Å². The average Bonchev–Trinajstić information content (AvgIpc) is 2.33. The van der Waals surface area contributed by atoms with Crippen LogP contribution in [-0.4, -0.2) is 12.1 Å². The zero-order valence-electron chi connectivity index (χ0n) is 9.78. The molecule has 2 aromatic rings. The van der Waals surface area contributed by atoms with Crippen LogP contribution in [0.4, 0.5) is 5.69 Å². The van der Waals surface area contributed by atoms with Crippen molar-refractivity contribution in [1.82, 2.24) is 4.98 Å². The SMILES string of the molecule is COc1ccc(C)cc1-c1cc[nH]c(=O)c1N. The Morgan fingerprint density at radius 2 is 2.00 bits per heavy atom. The molecule has 0 radical (unpaired) electrons. The summed E-state index contributed by atoms with van der Waals surface area (Å²) < 4.78 is 5.28. The summed E-state index contributed by atoms with van der Waals surface area (Å²) in [6, 6.07) is 7.54. The fourth-order valence-electron chi connectivity index (χ4n) is 1.76. The average molecular weight is 230 g/mol. The third-order valence-corrected chi connectivity index (χ3v) is 2.64. The molecule has 0 aliphatic carbocycles. The molecule has 88 valence electrons. The molecule has 1 heterocycles.